The second kappa shape index (κ2) is 11.9. The highest BCUT2D eigenvalue weighted by molar-refractivity contribution is 6.46. The molecule has 37 heavy (non-hydrogen) atoms. The highest BCUT2D eigenvalue weighted by Crippen LogP contribution is 2.40. The summed E-state index contributed by atoms with van der Waals surface area (Å²) in [4.78, 5) is 32.2. The molecule has 7 nitrogen and oxygen atoms in total. The molecule has 0 spiro atoms. The normalized spacial score (nSPS) is 17.1. The van der Waals surface area contributed by atoms with Crippen LogP contribution in [-0.2, 0) is 16.1 Å². The van der Waals surface area contributed by atoms with Crippen LogP contribution in [0.3, 0.4) is 0 Å². The number of aliphatic hydroxyl groups is 1. The molecule has 4 rings (SSSR count). The van der Waals surface area contributed by atoms with E-state index in [4.69, 9.17) is 4.74 Å². The minimum absolute atomic E-state index is 0.107. The molecular weight excluding hydrogens is 466 g/mol. The van der Waals surface area contributed by atoms with Crippen LogP contribution in [0.15, 0.2) is 72.8 Å². The van der Waals surface area contributed by atoms with Gasteiger partial charge in [-0.2, -0.15) is 0 Å². The Kier molecular flexibility index (Phi) is 8.43. The molecule has 1 atom stereocenters. The van der Waals surface area contributed by atoms with E-state index in [9.17, 15) is 14.7 Å². The van der Waals surface area contributed by atoms with Gasteiger partial charge in [-0.15, -0.1) is 0 Å². The smallest absolute Gasteiger partial charge is 0.295 e. The molecule has 3 aromatic rings. The van der Waals surface area contributed by atoms with Gasteiger partial charge in [-0.25, -0.2) is 4.98 Å². The second-order valence-corrected chi connectivity index (χ2v) is 9.70. The predicted octanol–water partition coefficient (Wildman–Crippen LogP) is 5.70. The Balaban J connectivity index is 1.70. The highest BCUT2D eigenvalue weighted by atomic mass is 16.5. The monoisotopic (exact) mass is 501 g/mol. The molecule has 1 amide bonds. The second-order valence-electron chi connectivity index (χ2n) is 9.70. The zero-order valence-corrected chi connectivity index (χ0v) is 21.8. The first-order chi connectivity index (χ1) is 17.9. The number of aryl methyl sites for hydroxylation is 1. The Morgan fingerprint density at radius 1 is 1.08 bits per heavy atom. The summed E-state index contributed by atoms with van der Waals surface area (Å²) < 4.78 is 7.74. The minimum atomic E-state index is -0.673. The first kappa shape index (κ1) is 26.2. The van der Waals surface area contributed by atoms with Gasteiger partial charge in [-0.1, -0.05) is 63.6 Å². The number of ketones is 1. The number of Topliss-reactive ketones (excluding diaryl/α,β-unsaturated/α-hetero) is 1. The lowest BCUT2D eigenvalue weighted by molar-refractivity contribution is -0.139. The number of hydrogen-bond acceptors (Lipinski definition) is 5. The van der Waals surface area contributed by atoms with Crippen molar-refractivity contribution in [1.82, 2.24) is 14.5 Å². The van der Waals surface area contributed by atoms with E-state index in [1.54, 1.807) is 35.6 Å². The number of imidazole rings is 1. The van der Waals surface area contributed by atoms with Gasteiger partial charge in [-0.3, -0.25) is 9.59 Å². The van der Waals surface area contributed by atoms with Gasteiger partial charge in [0.2, 0.25) is 0 Å². The summed E-state index contributed by atoms with van der Waals surface area (Å²) in [6.45, 7) is 7.94. The Hall–Kier alpha value is -3.87. The van der Waals surface area contributed by atoms with Crippen LogP contribution in [0.25, 0.3) is 5.76 Å². The fraction of sp³-hybridized carbons (Fsp3) is 0.367. The minimum Gasteiger partial charge on any atom is -0.507 e. The third-order valence-electron chi connectivity index (χ3n) is 6.71. The van der Waals surface area contributed by atoms with E-state index in [1.807, 2.05) is 41.1 Å². The number of unbranched alkanes of at least 4 members (excludes halogenated alkanes) is 1. The molecule has 1 fully saturated rings. The van der Waals surface area contributed by atoms with Gasteiger partial charge in [0, 0.05) is 31.0 Å². The van der Waals surface area contributed by atoms with Crippen molar-refractivity contribution in [2.24, 2.45) is 0 Å². The number of carbonyl (C=O) groups is 2. The number of nitrogens with zero attached hydrogens (tertiary/aromatic N) is 3. The predicted molar refractivity (Wildman–Crippen MR) is 143 cm³/mol. The summed E-state index contributed by atoms with van der Waals surface area (Å²) in [6.07, 6.45) is 7.89. The Morgan fingerprint density at radius 3 is 2.54 bits per heavy atom. The van der Waals surface area contributed by atoms with Crippen LogP contribution >= 0.6 is 0 Å². The van der Waals surface area contributed by atoms with Gasteiger partial charge in [-0.05, 0) is 42.0 Å². The molecular formula is C30H35N3O4. The van der Waals surface area contributed by atoms with Crippen LogP contribution < -0.4 is 4.74 Å². The van der Waals surface area contributed by atoms with Crippen molar-refractivity contribution in [3.05, 3.63) is 89.5 Å². The largest absolute Gasteiger partial charge is 0.507 e. The lowest BCUT2D eigenvalue weighted by Crippen LogP contribution is -2.31. The van der Waals surface area contributed by atoms with Gasteiger partial charge in [0.25, 0.3) is 11.7 Å². The molecule has 1 aromatic heterocycles. The average molecular weight is 502 g/mol. The maximum absolute atomic E-state index is 13.3. The number of hydrogen-bond donors (Lipinski definition) is 1. The summed E-state index contributed by atoms with van der Waals surface area (Å²) >= 11 is 0. The fourth-order valence-corrected chi connectivity index (χ4v) is 4.59. The number of ether oxygens (including phenoxy) is 1. The van der Waals surface area contributed by atoms with Crippen molar-refractivity contribution in [3.8, 4) is 5.75 Å². The zero-order chi connectivity index (χ0) is 26.4. The molecule has 2 heterocycles. The standard InChI is InChI=1S/C30H35N3O4/c1-4-5-18-37-25-9-6-8-24(19-25)28(34)26-27(23-12-10-22(11-13-23)21(2)3)33(30(36)29(26)35)16-7-15-32-17-14-31-20-32/h6,8-14,17,19-21,27,34H,4-5,7,15-16,18H2,1-3H3/b28-26+. The Bertz CT molecular complexity index is 1250. The van der Waals surface area contributed by atoms with Crippen molar-refractivity contribution in [3.63, 3.8) is 0 Å². The van der Waals surface area contributed by atoms with Crippen molar-refractivity contribution in [2.45, 2.75) is 58.5 Å². The summed E-state index contributed by atoms with van der Waals surface area (Å²) in [5.74, 6) is -0.485. The van der Waals surface area contributed by atoms with E-state index < -0.39 is 17.7 Å². The number of aromatic nitrogens is 2. The molecule has 1 aliphatic rings. The number of aliphatic hydroxyl groups excluding tert-OH is 1. The van der Waals surface area contributed by atoms with E-state index in [2.05, 4.69) is 25.8 Å². The Morgan fingerprint density at radius 2 is 1.86 bits per heavy atom. The summed E-state index contributed by atoms with van der Waals surface area (Å²) in [5, 5.41) is 11.4. The van der Waals surface area contributed by atoms with Crippen molar-refractivity contribution < 1.29 is 19.4 Å². The van der Waals surface area contributed by atoms with Crippen LogP contribution in [0.2, 0.25) is 0 Å². The maximum atomic E-state index is 13.3. The number of carbonyl (C=O) groups excluding carboxylic acids is 2. The summed E-state index contributed by atoms with van der Waals surface area (Å²) in [6, 6.07) is 14.3. The van der Waals surface area contributed by atoms with Crippen molar-refractivity contribution in [2.75, 3.05) is 13.2 Å². The first-order valence-corrected chi connectivity index (χ1v) is 13.0. The molecule has 1 unspecified atom stereocenters. The van der Waals surface area contributed by atoms with Gasteiger partial charge in [0.15, 0.2) is 0 Å². The molecule has 0 bridgehead atoms. The molecule has 194 valence electrons. The van der Waals surface area contributed by atoms with Gasteiger partial charge < -0.3 is 19.3 Å². The highest BCUT2D eigenvalue weighted by Gasteiger charge is 2.45. The molecule has 1 N–H and O–H groups in total. The molecule has 1 saturated heterocycles. The summed E-state index contributed by atoms with van der Waals surface area (Å²) in [5.41, 5.74) is 2.52. The number of benzene rings is 2. The van der Waals surface area contributed by atoms with E-state index in [0.717, 1.165) is 24.0 Å². The number of amides is 1. The van der Waals surface area contributed by atoms with Crippen molar-refractivity contribution in [1.29, 1.82) is 0 Å². The molecule has 7 heteroatoms. The molecule has 0 aliphatic carbocycles. The van der Waals surface area contributed by atoms with Crippen LogP contribution in [0.5, 0.6) is 5.75 Å². The van der Waals surface area contributed by atoms with E-state index >= 15 is 0 Å². The van der Waals surface area contributed by atoms with Gasteiger partial charge in [0.1, 0.15) is 11.5 Å². The Labute approximate surface area is 218 Å². The lowest BCUT2D eigenvalue weighted by atomic mass is 9.93. The van der Waals surface area contributed by atoms with E-state index in [0.29, 0.717) is 43.3 Å². The molecule has 2 aromatic carbocycles. The van der Waals surface area contributed by atoms with E-state index in [-0.39, 0.29) is 11.3 Å². The number of likely N-dealkylation sites (tertiary alicyclic amines) is 1. The van der Waals surface area contributed by atoms with Crippen LogP contribution in [-0.4, -0.2) is 44.4 Å². The maximum Gasteiger partial charge on any atom is 0.295 e. The SMILES string of the molecule is CCCCOc1cccc(/C(O)=C2\C(=O)C(=O)N(CCCn3ccnc3)C2c2ccc(C(C)C)cc2)c1. The van der Waals surface area contributed by atoms with Gasteiger partial charge in [0.05, 0.1) is 24.5 Å². The topological polar surface area (TPSA) is 84.7 Å². The zero-order valence-electron chi connectivity index (χ0n) is 21.8. The number of rotatable bonds is 11. The fourth-order valence-electron chi connectivity index (χ4n) is 4.59. The third-order valence-corrected chi connectivity index (χ3v) is 6.71. The summed E-state index contributed by atoms with van der Waals surface area (Å²) in [7, 11) is 0. The van der Waals surface area contributed by atoms with Crippen LogP contribution in [0.1, 0.15) is 68.7 Å². The molecule has 0 radical (unpaired) electrons. The molecule has 1 aliphatic heterocycles. The molecule has 0 saturated carbocycles. The lowest BCUT2D eigenvalue weighted by Gasteiger charge is -2.26. The quantitative estimate of drug-likeness (QED) is 0.158. The first-order valence-electron chi connectivity index (χ1n) is 13.0. The average Bonchev–Trinajstić information content (AvgIpc) is 3.51. The van der Waals surface area contributed by atoms with Crippen molar-refractivity contribution >= 4 is 17.4 Å². The third kappa shape index (κ3) is 5.93. The van der Waals surface area contributed by atoms with Crippen LogP contribution in [0, 0.1) is 0 Å². The van der Waals surface area contributed by atoms with Crippen LogP contribution in [0.4, 0.5) is 0 Å². The van der Waals surface area contributed by atoms with E-state index in [1.165, 1.54) is 0 Å². The van der Waals surface area contributed by atoms with Gasteiger partial charge >= 0.3 is 0 Å².